The highest BCUT2D eigenvalue weighted by Crippen LogP contribution is 2.36. The molecule has 0 radical (unpaired) electrons. The van der Waals surface area contributed by atoms with Gasteiger partial charge in [0.25, 0.3) is 0 Å². The largest absolute Gasteiger partial charge is 0.496 e. The minimum Gasteiger partial charge on any atom is -0.496 e. The Morgan fingerprint density at radius 3 is 2.73 bits per heavy atom. The summed E-state index contributed by atoms with van der Waals surface area (Å²) in [4.78, 5) is 0. The van der Waals surface area contributed by atoms with Gasteiger partial charge in [0.05, 0.1) is 7.11 Å². The summed E-state index contributed by atoms with van der Waals surface area (Å²) in [5, 5.41) is 3.52. The van der Waals surface area contributed by atoms with Crippen LogP contribution >= 0.6 is 0 Å². The first kappa shape index (κ1) is 10.5. The number of hydrogen-bond acceptors (Lipinski definition) is 2. The van der Waals surface area contributed by atoms with Gasteiger partial charge in [-0.3, -0.25) is 0 Å². The predicted molar refractivity (Wildman–Crippen MR) is 62.4 cm³/mol. The fourth-order valence-corrected chi connectivity index (χ4v) is 2.35. The van der Waals surface area contributed by atoms with Gasteiger partial charge < -0.3 is 10.1 Å². The molecule has 0 spiro atoms. The summed E-state index contributed by atoms with van der Waals surface area (Å²) >= 11 is 0. The minimum atomic E-state index is 0.517. The standard InChI is InChI=1S/C13H19NO/c1-8-5-6-12(15-4)13-9(2)10(3)14-7-11(8)13/h5-6,9-10,14H,7H2,1-4H3. The van der Waals surface area contributed by atoms with Crippen LogP contribution in [0, 0.1) is 6.92 Å². The number of nitrogens with one attached hydrogen (secondary N) is 1. The fraction of sp³-hybridized carbons (Fsp3) is 0.538. The first-order valence-corrected chi connectivity index (χ1v) is 5.55. The molecule has 15 heavy (non-hydrogen) atoms. The second-order valence-corrected chi connectivity index (χ2v) is 4.44. The Labute approximate surface area is 91.6 Å². The summed E-state index contributed by atoms with van der Waals surface area (Å²) in [6, 6.07) is 4.75. The molecule has 0 bridgehead atoms. The van der Waals surface area contributed by atoms with Gasteiger partial charge in [-0.25, -0.2) is 0 Å². The fourth-order valence-electron chi connectivity index (χ4n) is 2.35. The Morgan fingerprint density at radius 2 is 2.07 bits per heavy atom. The number of methoxy groups -OCH3 is 1. The van der Waals surface area contributed by atoms with Crippen molar-refractivity contribution in [2.45, 2.75) is 39.3 Å². The van der Waals surface area contributed by atoms with E-state index in [-0.39, 0.29) is 0 Å². The summed E-state index contributed by atoms with van der Waals surface area (Å²) in [5.41, 5.74) is 4.17. The highest BCUT2D eigenvalue weighted by atomic mass is 16.5. The van der Waals surface area contributed by atoms with Crippen molar-refractivity contribution in [3.05, 3.63) is 28.8 Å². The molecule has 0 amide bonds. The molecule has 2 atom stereocenters. The number of aryl methyl sites for hydroxylation is 1. The maximum atomic E-state index is 5.46. The smallest absolute Gasteiger partial charge is 0.122 e. The number of ether oxygens (including phenoxy) is 1. The van der Waals surface area contributed by atoms with Crippen LogP contribution in [0.1, 0.15) is 36.5 Å². The molecule has 2 heteroatoms. The second-order valence-electron chi connectivity index (χ2n) is 4.44. The summed E-state index contributed by atoms with van der Waals surface area (Å²) in [6.45, 7) is 7.62. The van der Waals surface area contributed by atoms with E-state index in [0.29, 0.717) is 12.0 Å². The van der Waals surface area contributed by atoms with E-state index in [1.807, 2.05) is 0 Å². The van der Waals surface area contributed by atoms with E-state index in [2.05, 4.69) is 38.2 Å². The highest BCUT2D eigenvalue weighted by Gasteiger charge is 2.26. The molecule has 0 aromatic heterocycles. The monoisotopic (exact) mass is 205 g/mol. The van der Waals surface area contributed by atoms with Crippen molar-refractivity contribution >= 4 is 0 Å². The van der Waals surface area contributed by atoms with Crippen molar-refractivity contribution in [2.75, 3.05) is 7.11 Å². The molecule has 2 unspecified atom stereocenters. The summed E-state index contributed by atoms with van der Waals surface area (Å²) in [5.74, 6) is 1.56. The van der Waals surface area contributed by atoms with E-state index in [1.54, 1.807) is 7.11 Å². The Kier molecular flexibility index (Phi) is 2.70. The second kappa shape index (κ2) is 3.86. The van der Waals surface area contributed by atoms with Gasteiger partial charge in [-0.05, 0) is 31.0 Å². The molecule has 0 fully saturated rings. The lowest BCUT2D eigenvalue weighted by Gasteiger charge is -2.32. The van der Waals surface area contributed by atoms with Crippen LogP contribution in [0.2, 0.25) is 0 Å². The van der Waals surface area contributed by atoms with Crippen molar-refractivity contribution in [2.24, 2.45) is 0 Å². The summed E-state index contributed by atoms with van der Waals surface area (Å²) < 4.78 is 5.46. The maximum absolute atomic E-state index is 5.46. The van der Waals surface area contributed by atoms with Crippen LogP contribution in [-0.2, 0) is 6.54 Å². The first-order valence-electron chi connectivity index (χ1n) is 5.55. The van der Waals surface area contributed by atoms with E-state index in [9.17, 15) is 0 Å². The van der Waals surface area contributed by atoms with Crippen LogP contribution in [0.3, 0.4) is 0 Å². The Morgan fingerprint density at radius 1 is 1.33 bits per heavy atom. The van der Waals surface area contributed by atoms with Crippen LogP contribution in [0.4, 0.5) is 0 Å². The molecule has 1 aliphatic rings. The number of hydrogen-bond donors (Lipinski definition) is 1. The van der Waals surface area contributed by atoms with Crippen molar-refractivity contribution in [3.8, 4) is 5.75 Å². The minimum absolute atomic E-state index is 0.517. The highest BCUT2D eigenvalue weighted by molar-refractivity contribution is 5.48. The lowest BCUT2D eigenvalue weighted by Crippen LogP contribution is -2.36. The third-order valence-electron chi connectivity index (χ3n) is 3.58. The van der Waals surface area contributed by atoms with Crippen LogP contribution in [0.5, 0.6) is 5.75 Å². The van der Waals surface area contributed by atoms with Crippen LogP contribution < -0.4 is 10.1 Å². The van der Waals surface area contributed by atoms with Crippen molar-refractivity contribution < 1.29 is 4.74 Å². The van der Waals surface area contributed by atoms with Crippen LogP contribution in [0.25, 0.3) is 0 Å². The normalized spacial score (nSPS) is 24.8. The van der Waals surface area contributed by atoms with Crippen molar-refractivity contribution in [3.63, 3.8) is 0 Å². The molecular formula is C13H19NO. The molecule has 1 aromatic carbocycles. The van der Waals surface area contributed by atoms with Gasteiger partial charge in [-0.2, -0.15) is 0 Å². The van der Waals surface area contributed by atoms with Gasteiger partial charge in [0, 0.05) is 24.1 Å². The van der Waals surface area contributed by atoms with Gasteiger partial charge in [-0.15, -0.1) is 0 Å². The van der Waals surface area contributed by atoms with Crippen molar-refractivity contribution in [1.29, 1.82) is 0 Å². The van der Waals surface area contributed by atoms with Gasteiger partial charge in [-0.1, -0.05) is 13.0 Å². The lowest BCUT2D eigenvalue weighted by molar-refractivity contribution is 0.383. The molecule has 0 aliphatic carbocycles. The molecule has 1 heterocycles. The van der Waals surface area contributed by atoms with Gasteiger partial charge in [0.1, 0.15) is 5.75 Å². The van der Waals surface area contributed by atoms with E-state index >= 15 is 0 Å². The molecule has 0 saturated carbocycles. The molecule has 0 saturated heterocycles. The van der Waals surface area contributed by atoms with Gasteiger partial charge >= 0.3 is 0 Å². The van der Waals surface area contributed by atoms with Gasteiger partial charge in [0.2, 0.25) is 0 Å². The van der Waals surface area contributed by atoms with Crippen molar-refractivity contribution in [1.82, 2.24) is 5.32 Å². The zero-order valence-electron chi connectivity index (χ0n) is 9.92. The summed E-state index contributed by atoms with van der Waals surface area (Å²) in [7, 11) is 1.75. The Balaban J connectivity index is 2.57. The average molecular weight is 205 g/mol. The van der Waals surface area contributed by atoms with E-state index in [4.69, 9.17) is 4.74 Å². The maximum Gasteiger partial charge on any atom is 0.122 e. The summed E-state index contributed by atoms with van der Waals surface area (Å²) in [6.07, 6.45) is 0. The molecule has 2 rings (SSSR count). The molecule has 1 aliphatic heterocycles. The number of fused-ring (bicyclic) bond motifs is 1. The molecule has 1 aromatic rings. The van der Waals surface area contributed by atoms with E-state index < -0.39 is 0 Å². The Hall–Kier alpha value is -1.02. The average Bonchev–Trinajstić information content (AvgIpc) is 2.24. The number of rotatable bonds is 1. The number of benzene rings is 1. The molecule has 2 nitrogen and oxygen atoms in total. The Bertz CT molecular complexity index is 373. The topological polar surface area (TPSA) is 21.3 Å². The first-order chi connectivity index (χ1) is 7.15. The zero-order valence-corrected chi connectivity index (χ0v) is 9.92. The van der Waals surface area contributed by atoms with Crippen LogP contribution in [-0.4, -0.2) is 13.2 Å². The third kappa shape index (κ3) is 1.63. The van der Waals surface area contributed by atoms with E-state index in [0.717, 1.165) is 12.3 Å². The SMILES string of the molecule is COc1ccc(C)c2c1C(C)C(C)NC2. The predicted octanol–water partition coefficient (Wildman–Crippen LogP) is 2.60. The molecule has 82 valence electrons. The third-order valence-corrected chi connectivity index (χ3v) is 3.58. The quantitative estimate of drug-likeness (QED) is 0.761. The molecule has 1 N–H and O–H groups in total. The van der Waals surface area contributed by atoms with Crippen LogP contribution in [0.15, 0.2) is 12.1 Å². The van der Waals surface area contributed by atoms with Gasteiger partial charge in [0.15, 0.2) is 0 Å². The van der Waals surface area contributed by atoms with E-state index in [1.165, 1.54) is 16.7 Å². The lowest BCUT2D eigenvalue weighted by atomic mass is 9.84. The molecular weight excluding hydrogens is 186 g/mol. The zero-order chi connectivity index (χ0) is 11.0.